The standard InChI is InChI=1S/C13H12FNO3/c1-3-8-4-5-10(18-8)12(16)9-6-7-15-13(17-2)11(9)14/h4-7H,3H2,1-2H3. The molecule has 0 saturated carbocycles. The highest BCUT2D eigenvalue weighted by Gasteiger charge is 2.20. The van der Waals surface area contributed by atoms with Crippen LogP contribution in [0.3, 0.4) is 0 Å². The van der Waals surface area contributed by atoms with E-state index in [9.17, 15) is 9.18 Å². The minimum absolute atomic E-state index is 0.110. The SMILES string of the molecule is CCc1ccc(C(=O)c2ccnc(OC)c2F)o1. The number of halogens is 1. The van der Waals surface area contributed by atoms with Crippen molar-refractivity contribution in [3.05, 3.63) is 47.3 Å². The molecule has 4 nitrogen and oxygen atoms in total. The van der Waals surface area contributed by atoms with Crippen LogP contribution in [0, 0.1) is 5.82 Å². The summed E-state index contributed by atoms with van der Waals surface area (Å²) >= 11 is 0. The molecule has 0 aromatic carbocycles. The lowest BCUT2D eigenvalue weighted by molar-refractivity contribution is 0.100. The first-order valence-corrected chi connectivity index (χ1v) is 5.49. The normalized spacial score (nSPS) is 10.4. The van der Waals surface area contributed by atoms with Crippen LogP contribution in [0.15, 0.2) is 28.8 Å². The van der Waals surface area contributed by atoms with E-state index in [0.29, 0.717) is 12.2 Å². The highest BCUT2D eigenvalue weighted by molar-refractivity contribution is 6.07. The third-order valence-corrected chi connectivity index (χ3v) is 2.53. The molecule has 0 aliphatic carbocycles. The van der Waals surface area contributed by atoms with Crippen molar-refractivity contribution in [2.45, 2.75) is 13.3 Å². The zero-order chi connectivity index (χ0) is 13.1. The molecule has 5 heteroatoms. The van der Waals surface area contributed by atoms with Crippen molar-refractivity contribution >= 4 is 5.78 Å². The van der Waals surface area contributed by atoms with Gasteiger partial charge in [0.1, 0.15) is 5.76 Å². The lowest BCUT2D eigenvalue weighted by Crippen LogP contribution is -2.05. The topological polar surface area (TPSA) is 52.3 Å². The maximum Gasteiger partial charge on any atom is 0.250 e. The van der Waals surface area contributed by atoms with Crippen LogP contribution in [0.5, 0.6) is 5.88 Å². The summed E-state index contributed by atoms with van der Waals surface area (Å²) in [5, 5.41) is 0. The minimum atomic E-state index is -0.778. The number of ether oxygens (including phenoxy) is 1. The fraction of sp³-hybridized carbons (Fsp3) is 0.231. The average molecular weight is 249 g/mol. The molecule has 0 spiro atoms. The minimum Gasteiger partial charge on any atom is -0.479 e. The summed E-state index contributed by atoms with van der Waals surface area (Å²) in [6.45, 7) is 1.91. The number of aryl methyl sites for hydroxylation is 1. The van der Waals surface area contributed by atoms with Crippen LogP contribution >= 0.6 is 0 Å². The molecule has 0 aliphatic rings. The third-order valence-electron chi connectivity index (χ3n) is 2.53. The molecule has 0 amide bonds. The van der Waals surface area contributed by atoms with Crippen LogP contribution in [0.25, 0.3) is 0 Å². The van der Waals surface area contributed by atoms with Crippen molar-refractivity contribution in [3.8, 4) is 5.88 Å². The second kappa shape index (κ2) is 5.00. The predicted octanol–water partition coefficient (Wildman–Crippen LogP) is 2.62. The lowest BCUT2D eigenvalue weighted by Gasteiger charge is -2.03. The number of hydrogen-bond acceptors (Lipinski definition) is 4. The molecule has 0 atom stereocenters. The van der Waals surface area contributed by atoms with Gasteiger partial charge in [-0.15, -0.1) is 0 Å². The van der Waals surface area contributed by atoms with Gasteiger partial charge in [0.2, 0.25) is 5.78 Å². The van der Waals surface area contributed by atoms with Crippen molar-refractivity contribution in [2.75, 3.05) is 7.11 Å². The van der Waals surface area contributed by atoms with Gasteiger partial charge in [0.25, 0.3) is 5.88 Å². The molecule has 0 N–H and O–H groups in total. The van der Waals surface area contributed by atoms with Gasteiger partial charge < -0.3 is 9.15 Å². The summed E-state index contributed by atoms with van der Waals surface area (Å²) in [6, 6.07) is 4.53. The quantitative estimate of drug-likeness (QED) is 0.781. The van der Waals surface area contributed by atoms with E-state index in [4.69, 9.17) is 9.15 Å². The Morgan fingerprint density at radius 3 is 2.83 bits per heavy atom. The Morgan fingerprint density at radius 1 is 1.44 bits per heavy atom. The highest BCUT2D eigenvalue weighted by Crippen LogP contribution is 2.21. The van der Waals surface area contributed by atoms with Crippen molar-refractivity contribution in [3.63, 3.8) is 0 Å². The number of carbonyl (C=O) groups is 1. The summed E-state index contributed by atoms with van der Waals surface area (Å²) in [6.07, 6.45) is 1.99. The van der Waals surface area contributed by atoms with Gasteiger partial charge in [-0.3, -0.25) is 4.79 Å². The summed E-state index contributed by atoms with van der Waals surface area (Å²) in [4.78, 5) is 15.7. The molecule has 2 aromatic heterocycles. The lowest BCUT2D eigenvalue weighted by atomic mass is 10.1. The first-order valence-electron chi connectivity index (χ1n) is 5.49. The molecule has 18 heavy (non-hydrogen) atoms. The Kier molecular flexibility index (Phi) is 3.41. The van der Waals surface area contributed by atoms with E-state index in [2.05, 4.69) is 4.98 Å². The first kappa shape index (κ1) is 12.3. The van der Waals surface area contributed by atoms with Crippen molar-refractivity contribution in [1.29, 1.82) is 0 Å². The zero-order valence-corrected chi connectivity index (χ0v) is 10.1. The number of pyridine rings is 1. The first-order chi connectivity index (χ1) is 8.67. The number of hydrogen-bond donors (Lipinski definition) is 0. The van der Waals surface area contributed by atoms with Gasteiger partial charge >= 0.3 is 0 Å². The number of nitrogens with zero attached hydrogens (tertiary/aromatic N) is 1. The van der Waals surface area contributed by atoms with Gasteiger partial charge in [0.15, 0.2) is 11.6 Å². The van der Waals surface area contributed by atoms with Crippen LogP contribution in [-0.4, -0.2) is 17.9 Å². The molecule has 0 aliphatic heterocycles. The summed E-state index contributed by atoms with van der Waals surface area (Å²) in [7, 11) is 1.29. The third kappa shape index (κ3) is 2.11. The molecule has 0 radical (unpaired) electrons. The van der Waals surface area contributed by atoms with Gasteiger partial charge in [0.05, 0.1) is 12.7 Å². The van der Waals surface area contributed by atoms with E-state index in [1.165, 1.54) is 25.4 Å². The van der Waals surface area contributed by atoms with Gasteiger partial charge in [-0.05, 0) is 18.2 Å². The van der Waals surface area contributed by atoms with Crippen LogP contribution in [0.1, 0.15) is 28.8 Å². The fourth-order valence-corrected chi connectivity index (χ4v) is 1.56. The second-order valence-electron chi connectivity index (χ2n) is 3.63. The van der Waals surface area contributed by atoms with Crippen LogP contribution in [0.2, 0.25) is 0 Å². The summed E-state index contributed by atoms with van der Waals surface area (Å²) in [5.41, 5.74) is -0.112. The van der Waals surface area contributed by atoms with Crippen molar-refractivity contribution < 1.29 is 18.3 Å². The molecule has 2 heterocycles. The van der Waals surface area contributed by atoms with Crippen LogP contribution in [0.4, 0.5) is 4.39 Å². The van der Waals surface area contributed by atoms with E-state index in [0.717, 1.165) is 0 Å². The Labute approximate surface area is 103 Å². The van der Waals surface area contributed by atoms with E-state index in [1.54, 1.807) is 6.07 Å². The Hall–Kier alpha value is -2.17. The maximum atomic E-state index is 13.8. The molecule has 0 unspecified atom stereocenters. The van der Waals surface area contributed by atoms with E-state index < -0.39 is 11.6 Å². The largest absolute Gasteiger partial charge is 0.479 e. The number of methoxy groups -OCH3 is 1. The molecule has 2 rings (SSSR count). The number of furan rings is 1. The molecule has 0 fully saturated rings. The number of aromatic nitrogens is 1. The Balaban J connectivity index is 2.39. The maximum absolute atomic E-state index is 13.8. The number of ketones is 1. The van der Waals surface area contributed by atoms with E-state index in [1.807, 2.05) is 6.92 Å². The fourth-order valence-electron chi connectivity index (χ4n) is 1.56. The van der Waals surface area contributed by atoms with E-state index >= 15 is 0 Å². The summed E-state index contributed by atoms with van der Waals surface area (Å²) in [5.74, 6) is -0.714. The Bertz CT molecular complexity index is 577. The second-order valence-corrected chi connectivity index (χ2v) is 3.63. The number of rotatable bonds is 4. The van der Waals surface area contributed by atoms with Crippen LogP contribution in [-0.2, 0) is 6.42 Å². The molecule has 2 aromatic rings. The van der Waals surface area contributed by atoms with Crippen molar-refractivity contribution in [2.24, 2.45) is 0 Å². The molecule has 0 saturated heterocycles. The number of carbonyl (C=O) groups excluding carboxylic acids is 1. The monoisotopic (exact) mass is 249 g/mol. The average Bonchev–Trinajstić information content (AvgIpc) is 2.87. The molecular formula is C13H12FNO3. The van der Waals surface area contributed by atoms with Crippen molar-refractivity contribution in [1.82, 2.24) is 4.98 Å². The predicted molar refractivity (Wildman–Crippen MR) is 62.3 cm³/mol. The Morgan fingerprint density at radius 2 is 2.22 bits per heavy atom. The van der Waals surface area contributed by atoms with Gasteiger partial charge in [0, 0.05) is 12.6 Å². The smallest absolute Gasteiger partial charge is 0.250 e. The molecule has 0 bridgehead atoms. The zero-order valence-electron chi connectivity index (χ0n) is 10.1. The highest BCUT2D eigenvalue weighted by atomic mass is 19.1. The molecular weight excluding hydrogens is 237 g/mol. The van der Waals surface area contributed by atoms with Gasteiger partial charge in [-0.25, -0.2) is 9.37 Å². The van der Waals surface area contributed by atoms with E-state index in [-0.39, 0.29) is 17.2 Å². The summed E-state index contributed by atoms with van der Waals surface area (Å²) < 4.78 is 23.9. The van der Waals surface area contributed by atoms with Gasteiger partial charge in [-0.2, -0.15) is 0 Å². The van der Waals surface area contributed by atoms with Crippen LogP contribution < -0.4 is 4.74 Å². The van der Waals surface area contributed by atoms with Gasteiger partial charge in [-0.1, -0.05) is 6.92 Å². The molecule has 94 valence electrons.